The first-order valence-electron chi connectivity index (χ1n) is 9.76. The number of hydrogen-bond acceptors (Lipinski definition) is 6. The van der Waals surface area contributed by atoms with Gasteiger partial charge in [0.25, 0.3) is 11.5 Å². The summed E-state index contributed by atoms with van der Waals surface area (Å²) in [7, 11) is 1.73. The van der Waals surface area contributed by atoms with E-state index in [-0.39, 0.29) is 24.0 Å². The van der Waals surface area contributed by atoms with E-state index in [1.54, 1.807) is 25.3 Å². The largest absolute Gasteiger partial charge is 0.454 e. The number of carbonyl (C=O) groups excluding carboxylic acids is 1. The number of benzene rings is 1. The number of fused-ring (bicyclic) bond motifs is 1. The van der Waals surface area contributed by atoms with Crippen molar-refractivity contribution in [2.24, 2.45) is 0 Å². The molecule has 4 rings (SSSR count). The van der Waals surface area contributed by atoms with E-state index in [9.17, 15) is 9.59 Å². The van der Waals surface area contributed by atoms with Crippen LogP contribution in [0.5, 0.6) is 11.5 Å². The first-order chi connectivity index (χ1) is 14.1. The SMILES string of the molecule is CO[C@H]1CCCN(Cc2ccc(C(=O)NCc3ccc4c(c3)OCO4)c(=O)[nH]2)C1. The average Bonchev–Trinajstić information content (AvgIpc) is 3.20. The molecule has 154 valence electrons. The van der Waals surface area contributed by atoms with Gasteiger partial charge in [0.05, 0.1) is 6.10 Å². The molecule has 2 aliphatic heterocycles. The van der Waals surface area contributed by atoms with E-state index in [0.717, 1.165) is 37.2 Å². The highest BCUT2D eigenvalue weighted by molar-refractivity contribution is 5.93. The molecule has 29 heavy (non-hydrogen) atoms. The quantitative estimate of drug-likeness (QED) is 0.767. The minimum Gasteiger partial charge on any atom is -0.454 e. The van der Waals surface area contributed by atoms with Gasteiger partial charge in [-0.25, -0.2) is 0 Å². The van der Waals surface area contributed by atoms with Gasteiger partial charge < -0.3 is 24.5 Å². The standard InChI is InChI=1S/C21H25N3O5/c1-27-16-3-2-8-24(12-16)11-15-5-6-17(21(26)23-15)20(25)22-10-14-4-7-18-19(9-14)29-13-28-18/h4-7,9,16H,2-3,8,10-13H2,1H3,(H,22,25)(H,23,26)/t16-/m0/s1. The van der Waals surface area contributed by atoms with Crippen LogP contribution in [0.25, 0.3) is 0 Å². The molecule has 1 amide bonds. The van der Waals surface area contributed by atoms with Crippen molar-refractivity contribution in [2.75, 3.05) is 27.0 Å². The van der Waals surface area contributed by atoms with Gasteiger partial charge in [0.2, 0.25) is 6.79 Å². The third kappa shape index (κ3) is 4.60. The average molecular weight is 399 g/mol. The highest BCUT2D eigenvalue weighted by Gasteiger charge is 2.20. The third-order valence-electron chi connectivity index (χ3n) is 5.29. The summed E-state index contributed by atoms with van der Waals surface area (Å²) in [5.74, 6) is 0.942. The summed E-state index contributed by atoms with van der Waals surface area (Å²) in [5.41, 5.74) is 1.38. The second-order valence-electron chi connectivity index (χ2n) is 7.33. The lowest BCUT2D eigenvalue weighted by molar-refractivity contribution is 0.0281. The maximum atomic E-state index is 12.4. The Kier molecular flexibility index (Phi) is 5.82. The monoisotopic (exact) mass is 399 g/mol. The summed E-state index contributed by atoms with van der Waals surface area (Å²) in [6, 6.07) is 8.86. The van der Waals surface area contributed by atoms with Gasteiger partial charge in [-0.2, -0.15) is 0 Å². The Morgan fingerprint density at radius 2 is 2.14 bits per heavy atom. The lowest BCUT2D eigenvalue weighted by Crippen LogP contribution is -2.39. The van der Waals surface area contributed by atoms with Crippen molar-refractivity contribution in [3.8, 4) is 11.5 Å². The van der Waals surface area contributed by atoms with Crippen molar-refractivity contribution in [3.05, 3.63) is 57.5 Å². The maximum absolute atomic E-state index is 12.4. The number of aromatic amines is 1. The number of methoxy groups -OCH3 is 1. The summed E-state index contributed by atoms with van der Waals surface area (Å²) in [4.78, 5) is 29.9. The Balaban J connectivity index is 1.36. The topological polar surface area (TPSA) is 92.9 Å². The number of H-pyrrole nitrogens is 1. The molecule has 1 aromatic heterocycles. The van der Waals surface area contributed by atoms with Crippen LogP contribution in [0, 0.1) is 0 Å². The molecule has 2 aromatic rings. The molecule has 3 heterocycles. The lowest BCUT2D eigenvalue weighted by Gasteiger charge is -2.31. The van der Waals surface area contributed by atoms with Gasteiger partial charge in [0, 0.05) is 32.4 Å². The van der Waals surface area contributed by atoms with Crippen molar-refractivity contribution in [2.45, 2.75) is 32.0 Å². The molecular formula is C21H25N3O5. The van der Waals surface area contributed by atoms with Gasteiger partial charge >= 0.3 is 0 Å². The van der Waals surface area contributed by atoms with Crippen LogP contribution in [-0.2, 0) is 17.8 Å². The molecule has 1 aromatic carbocycles. The van der Waals surface area contributed by atoms with E-state index >= 15 is 0 Å². The first kappa shape index (κ1) is 19.5. The van der Waals surface area contributed by atoms with Crippen LogP contribution in [-0.4, -0.2) is 48.9 Å². The van der Waals surface area contributed by atoms with Gasteiger partial charge in [0.1, 0.15) is 5.56 Å². The van der Waals surface area contributed by atoms with Crippen LogP contribution in [0.1, 0.15) is 34.5 Å². The molecule has 0 aliphatic carbocycles. The molecule has 0 bridgehead atoms. The second-order valence-corrected chi connectivity index (χ2v) is 7.33. The minimum atomic E-state index is -0.409. The van der Waals surface area contributed by atoms with Crippen molar-refractivity contribution in [1.29, 1.82) is 0 Å². The highest BCUT2D eigenvalue weighted by Crippen LogP contribution is 2.32. The smallest absolute Gasteiger partial charge is 0.261 e. The molecule has 0 unspecified atom stereocenters. The lowest BCUT2D eigenvalue weighted by atomic mass is 10.1. The van der Waals surface area contributed by atoms with Gasteiger partial charge in [0.15, 0.2) is 11.5 Å². The zero-order valence-corrected chi connectivity index (χ0v) is 16.4. The van der Waals surface area contributed by atoms with E-state index in [2.05, 4.69) is 15.2 Å². The van der Waals surface area contributed by atoms with Crippen molar-refractivity contribution < 1.29 is 19.0 Å². The fraction of sp³-hybridized carbons (Fsp3) is 0.429. The van der Waals surface area contributed by atoms with Gasteiger partial charge in [-0.15, -0.1) is 0 Å². The number of rotatable bonds is 6. The van der Waals surface area contributed by atoms with Crippen LogP contribution in [0.15, 0.2) is 35.1 Å². The number of hydrogen-bond donors (Lipinski definition) is 2. The molecule has 0 radical (unpaired) electrons. The predicted molar refractivity (Wildman–Crippen MR) is 106 cm³/mol. The summed E-state index contributed by atoms with van der Waals surface area (Å²) < 4.78 is 16.1. The normalized spacial score (nSPS) is 18.6. The number of nitrogens with zero attached hydrogens (tertiary/aromatic N) is 1. The van der Waals surface area contributed by atoms with Gasteiger partial charge in [-0.05, 0) is 49.2 Å². The van der Waals surface area contributed by atoms with Crippen molar-refractivity contribution >= 4 is 5.91 Å². The Labute approximate surface area is 168 Å². The Bertz CT molecular complexity index is 942. The Morgan fingerprint density at radius 1 is 1.28 bits per heavy atom. The van der Waals surface area contributed by atoms with Crippen LogP contribution in [0.4, 0.5) is 0 Å². The van der Waals surface area contributed by atoms with Crippen LogP contribution < -0.4 is 20.3 Å². The number of piperidine rings is 1. The number of amides is 1. The number of aromatic nitrogens is 1. The van der Waals surface area contributed by atoms with Crippen molar-refractivity contribution in [1.82, 2.24) is 15.2 Å². The van der Waals surface area contributed by atoms with E-state index in [1.807, 2.05) is 12.1 Å². The third-order valence-corrected chi connectivity index (χ3v) is 5.29. The highest BCUT2D eigenvalue weighted by atomic mass is 16.7. The summed E-state index contributed by atoms with van der Waals surface area (Å²) in [6.07, 6.45) is 2.37. The zero-order valence-electron chi connectivity index (χ0n) is 16.4. The Morgan fingerprint density at radius 3 is 2.97 bits per heavy atom. The summed E-state index contributed by atoms with van der Waals surface area (Å²) >= 11 is 0. The fourth-order valence-corrected chi connectivity index (χ4v) is 3.70. The molecule has 2 N–H and O–H groups in total. The van der Waals surface area contributed by atoms with Crippen LogP contribution in [0.3, 0.4) is 0 Å². The molecule has 1 fully saturated rings. The minimum absolute atomic E-state index is 0.0999. The molecule has 2 aliphatic rings. The van der Waals surface area contributed by atoms with Crippen LogP contribution in [0.2, 0.25) is 0 Å². The molecule has 8 nitrogen and oxygen atoms in total. The molecular weight excluding hydrogens is 374 g/mol. The molecule has 1 saturated heterocycles. The predicted octanol–water partition coefficient (Wildman–Crippen LogP) is 1.64. The summed E-state index contributed by atoms with van der Waals surface area (Å²) in [6.45, 7) is 2.95. The Hall–Kier alpha value is -2.84. The molecule has 8 heteroatoms. The van der Waals surface area contributed by atoms with E-state index in [4.69, 9.17) is 14.2 Å². The zero-order chi connectivity index (χ0) is 20.2. The van der Waals surface area contributed by atoms with Gasteiger partial charge in [-0.3, -0.25) is 14.5 Å². The van der Waals surface area contributed by atoms with Crippen molar-refractivity contribution in [3.63, 3.8) is 0 Å². The van der Waals surface area contributed by atoms with E-state index < -0.39 is 5.91 Å². The number of ether oxygens (including phenoxy) is 3. The number of pyridine rings is 1. The molecule has 1 atom stereocenters. The first-order valence-corrected chi connectivity index (χ1v) is 9.76. The van der Waals surface area contributed by atoms with E-state index in [0.29, 0.717) is 24.6 Å². The molecule has 0 spiro atoms. The fourth-order valence-electron chi connectivity index (χ4n) is 3.70. The van der Waals surface area contributed by atoms with E-state index in [1.165, 1.54) is 0 Å². The second kappa shape index (κ2) is 8.67. The van der Waals surface area contributed by atoms with Gasteiger partial charge in [-0.1, -0.05) is 6.07 Å². The number of carbonyl (C=O) groups is 1. The summed E-state index contributed by atoms with van der Waals surface area (Å²) in [5, 5.41) is 2.78. The maximum Gasteiger partial charge on any atom is 0.261 e. The van der Waals surface area contributed by atoms with Crippen LogP contribution >= 0.6 is 0 Å². The number of nitrogens with one attached hydrogen (secondary N) is 2. The number of likely N-dealkylation sites (tertiary alicyclic amines) is 1. The molecule has 0 saturated carbocycles.